The molecular weight excluding hydrogens is 240 g/mol. The van der Waals surface area contributed by atoms with Crippen LogP contribution in [0.1, 0.15) is 0 Å². The molecule has 0 aliphatic heterocycles. The molecule has 68 valence electrons. The summed E-state index contributed by atoms with van der Waals surface area (Å²) in [4.78, 5) is 17.6. The third kappa shape index (κ3) is 1.42. The van der Waals surface area contributed by atoms with Gasteiger partial charge in [0, 0.05) is 0 Å². The second kappa shape index (κ2) is 3.30. The summed E-state index contributed by atoms with van der Waals surface area (Å²) in [6.07, 6.45) is 0. The quantitative estimate of drug-likeness (QED) is 0.0982. The van der Waals surface area contributed by atoms with Gasteiger partial charge in [0.25, 0.3) is 0 Å². The summed E-state index contributed by atoms with van der Waals surface area (Å²) in [5, 5.41) is 30.4. The smallest absolute Gasteiger partial charge is 0.409 e. The highest BCUT2D eigenvalue weighted by Crippen LogP contribution is 2.19. The summed E-state index contributed by atoms with van der Waals surface area (Å²) < 4.78 is -2.96. The molecule has 0 aliphatic carbocycles. The van der Waals surface area contributed by atoms with Crippen LogP contribution in [0.15, 0.2) is 5.16 Å². The first-order valence-electron chi connectivity index (χ1n) is 2.33. The molecule has 0 aromatic heterocycles. The molecule has 0 saturated carbocycles. The lowest BCUT2D eigenvalue weighted by Crippen LogP contribution is -2.51. The van der Waals surface area contributed by atoms with E-state index in [1.165, 1.54) is 0 Å². The number of amidine groups is 1. The predicted octanol–water partition coefficient (Wildman–Crippen LogP) is -0.665. The summed E-state index contributed by atoms with van der Waals surface area (Å²) in [5.41, 5.74) is 4.72. The Labute approximate surface area is 73.3 Å². The molecule has 3 N–H and O–H groups in total. The Morgan fingerprint density at radius 1 is 1.50 bits per heavy atom. The fourth-order valence-electron chi connectivity index (χ4n) is 0.317. The van der Waals surface area contributed by atoms with Crippen LogP contribution in [0.2, 0.25) is 0 Å². The number of rotatable bonds is 3. The minimum atomic E-state index is -2.96. The van der Waals surface area contributed by atoms with Crippen molar-refractivity contribution in [3.05, 3.63) is 20.2 Å². The van der Waals surface area contributed by atoms with Gasteiger partial charge in [-0.05, 0) is 0 Å². The highest BCUT2D eigenvalue weighted by molar-refractivity contribution is 9.10. The van der Waals surface area contributed by atoms with Crippen LogP contribution < -0.4 is 5.73 Å². The lowest BCUT2D eigenvalue weighted by molar-refractivity contribution is -0.735. The van der Waals surface area contributed by atoms with Gasteiger partial charge >= 0.3 is 10.4 Å². The number of hydrogen-bond acceptors (Lipinski definition) is 6. The van der Waals surface area contributed by atoms with Crippen LogP contribution >= 0.6 is 15.9 Å². The van der Waals surface area contributed by atoms with E-state index in [1.807, 2.05) is 0 Å². The average molecular weight is 243 g/mol. The van der Waals surface area contributed by atoms with E-state index in [-0.39, 0.29) is 0 Å². The van der Waals surface area contributed by atoms with Gasteiger partial charge in [-0.25, -0.2) is 0 Å². The van der Waals surface area contributed by atoms with Crippen molar-refractivity contribution in [3.8, 4) is 0 Å². The topological polar surface area (TPSA) is 145 Å². The van der Waals surface area contributed by atoms with E-state index in [2.05, 4.69) is 21.1 Å². The Hall–Kier alpha value is -1.45. The molecule has 0 unspecified atom stereocenters. The first kappa shape index (κ1) is 10.6. The van der Waals surface area contributed by atoms with Crippen LogP contribution in [0.25, 0.3) is 0 Å². The van der Waals surface area contributed by atoms with E-state index in [1.54, 1.807) is 0 Å². The molecule has 0 spiro atoms. The average Bonchev–Trinajstić information content (AvgIpc) is 2.00. The van der Waals surface area contributed by atoms with Crippen LogP contribution in [-0.4, -0.2) is 25.5 Å². The van der Waals surface area contributed by atoms with Crippen molar-refractivity contribution < 1.29 is 15.1 Å². The van der Waals surface area contributed by atoms with Crippen molar-refractivity contribution in [2.75, 3.05) is 0 Å². The first-order chi connectivity index (χ1) is 5.37. The lowest BCUT2D eigenvalue weighted by atomic mass is 10.5. The summed E-state index contributed by atoms with van der Waals surface area (Å²) in [6, 6.07) is 0. The molecule has 10 heteroatoms. The first-order valence-corrected chi connectivity index (χ1v) is 3.12. The fourth-order valence-corrected chi connectivity index (χ4v) is 0.397. The minimum absolute atomic E-state index is 1.16. The van der Waals surface area contributed by atoms with Gasteiger partial charge in [0.15, 0.2) is 0 Å². The molecule has 12 heavy (non-hydrogen) atoms. The van der Waals surface area contributed by atoms with Crippen molar-refractivity contribution in [1.29, 1.82) is 0 Å². The van der Waals surface area contributed by atoms with Crippen LogP contribution in [0.5, 0.6) is 0 Å². The number of nitro groups is 2. The van der Waals surface area contributed by atoms with Gasteiger partial charge in [-0.15, -0.1) is 0 Å². The van der Waals surface area contributed by atoms with E-state index in [0.29, 0.717) is 0 Å². The molecule has 0 aromatic carbocycles. The van der Waals surface area contributed by atoms with E-state index in [0.717, 1.165) is 0 Å². The maximum Gasteiger partial charge on any atom is 0.571 e. The predicted molar refractivity (Wildman–Crippen MR) is 39.1 cm³/mol. The molecule has 0 aromatic rings. The second-order valence-electron chi connectivity index (χ2n) is 1.59. The molecule has 9 nitrogen and oxygen atoms in total. The zero-order valence-electron chi connectivity index (χ0n) is 5.38. The standard InChI is InChI=1S/C2H3BrN4O5/c3-2(6(9)10,7(11)12)1(4)5-8/h8H,(H2,4,5). The van der Waals surface area contributed by atoms with Crippen LogP contribution in [0, 0.1) is 20.2 Å². The van der Waals surface area contributed by atoms with Gasteiger partial charge in [0.1, 0.15) is 25.8 Å². The van der Waals surface area contributed by atoms with Gasteiger partial charge in [-0.1, -0.05) is 5.16 Å². The lowest BCUT2D eigenvalue weighted by Gasteiger charge is -2.06. The summed E-state index contributed by atoms with van der Waals surface area (Å²) in [5.74, 6) is -1.16. The largest absolute Gasteiger partial charge is 0.571 e. The number of halogens is 1. The van der Waals surface area contributed by atoms with Crippen molar-refractivity contribution in [1.82, 2.24) is 0 Å². The van der Waals surface area contributed by atoms with E-state index in [4.69, 9.17) is 10.9 Å². The Morgan fingerprint density at radius 3 is 1.92 bits per heavy atom. The van der Waals surface area contributed by atoms with E-state index >= 15 is 0 Å². The third-order valence-electron chi connectivity index (χ3n) is 0.918. The highest BCUT2D eigenvalue weighted by Gasteiger charge is 2.59. The number of nitrogens with two attached hydrogens (primary N) is 1. The van der Waals surface area contributed by atoms with Crippen LogP contribution in [0.4, 0.5) is 0 Å². The molecule has 0 rings (SSSR count). The highest BCUT2D eigenvalue weighted by atomic mass is 79.9. The van der Waals surface area contributed by atoms with Crippen molar-refractivity contribution in [2.24, 2.45) is 10.9 Å². The number of nitrogens with zero attached hydrogens (tertiary/aromatic N) is 3. The normalized spacial score (nSPS) is 12.6. The minimum Gasteiger partial charge on any atom is -0.409 e. The van der Waals surface area contributed by atoms with Crippen molar-refractivity contribution >= 4 is 21.8 Å². The zero-order valence-corrected chi connectivity index (χ0v) is 6.96. The van der Waals surface area contributed by atoms with Crippen molar-refractivity contribution in [2.45, 2.75) is 4.57 Å². The van der Waals surface area contributed by atoms with Gasteiger partial charge in [0.2, 0.25) is 0 Å². The molecule has 0 heterocycles. The van der Waals surface area contributed by atoms with Crippen molar-refractivity contribution in [3.63, 3.8) is 0 Å². The molecule has 0 radical (unpaired) electrons. The molecule has 0 fully saturated rings. The molecule has 0 saturated heterocycles. The molecule has 0 atom stereocenters. The van der Waals surface area contributed by atoms with Crippen LogP contribution in [-0.2, 0) is 0 Å². The van der Waals surface area contributed by atoms with Crippen LogP contribution in [0.3, 0.4) is 0 Å². The maximum absolute atomic E-state index is 10.1. The number of oxime groups is 1. The number of alkyl halides is 1. The van der Waals surface area contributed by atoms with E-state index in [9.17, 15) is 20.2 Å². The summed E-state index contributed by atoms with van der Waals surface area (Å²) in [6.45, 7) is 0. The fraction of sp³-hybridized carbons (Fsp3) is 0.500. The Balaban J connectivity index is 5.16. The van der Waals surface area contributed by atoms with Gasteiger partial charge in [-0.2, -0.15) is 0 Å². The second-order valence-corrected chi connectivity index (χ2v) is 2.69. The van der Waals surface area contributed by atoms with Gasteiger partial charge < -0.3 is 10.9 Å². The maximum atomic E-state index is 10.1. The monoisotopic (exact) mass is 242 g/mol. The number of hydrogen-bond donors (Lipinski definition) is 2. The Kier molecular flexibility index (Phi) is 2.90. The summed E-state index contributed by atoms with van der Waals surface area (Å²) in [7, 11) is 0. The third-order valence-corrected chi connectivity index (χ3v) is 1.90. The Bertz CT molecular complexity index is 236. The zero-order chi connectivity index (χ0) is 9.94. The Morgan fingerprint density at radius 2 is 1.83 bits per heavy atom. The molecule has 0 bridgehead atoms. The van der Waals surface area contributed by atoms with Gasteiger partial charge in [-0.3, -0.25) is 20.2 Å². The summed E-state index contributed by atoms with van der Waals surface area (Å²) >= 11 is 2.13. The molecule has 0 aliphatic rings. The van der Waals surface area contributed by atoms with E-state index < -0.39 is 20.3 Å². The molecular formula is C2H3BrN4O5. The SMILES string of the molecule is NC(=NO)C(Br)([N+](=O)[O-])[N+](=O)[O-]. The molecule has 0 amide bonds. The van der Waals surface area contributed by atoms with Gasteiger partial charge in [0.05, 0.1) is 0 Å².